The van der Waals surface area contributed by atoms with Gasteiger partial charge in [0.15, 0.2) is 0 Å². The molecular formula is C12H10F3NO2. The number of hydrogen-bond donors (Lipinski definition) is 0. The van der Waals surface area contributed by atoms with Crippen molar-refractivity contribution >= 4 is 6.08 Å². The highest BCUT2D eigenvalue weighted by molar-refractivity contribution is 5.45. The average molecular weight is 257 g/mol. The van der Waals surface area contributed by atoms with Crippen molar-refractivity contribution in [3.05, 3.63) is 29.3 Å². The molecule has 6 heteroatoms. The van der Waals surface area contributed by atoms with Crippen LogP contribution in [-0.4, -0.2) is 13.2 Å². The van der Waals surface area contributed by atoms with Crippen molar-refractivity contribution in [3.8, 4) is 5.75 Å². The van der Waals surface area contributed by atoms with Gasteiger partial charge in [-0.05, 0) is 36.6 Å². The van der Waals surface area contributed by atoms with Gasteiger partial charge in [0.1, 0.15) is 5.75 Å². The summed E-state index contributed by atoms with van der Waals surface area (Å²) in [5.74, 6) is 0.104. The SMILES string of the molecule is COc1cc(C(F)(F)F)cc(C2(N=C=O)CC2)c1. The van der Waals surface area contributed by atoms with Gasteiger partial charge in [0, 0.05) is 0 Å². The van der Waals surface area contributed by atoms with E-state index in [2.05, 4.69) is 4.99 Å². The number of nitrogens with zero attached hydrogens (tertiary/aromatic N) is 1. The first-order valence-electron chi connectivity index (χ1n) is 5.27. The number of benzene rings is 1. The second kappa shape index (κ2) is 4.14. The molecule has 1 aromatic carbocycles. The number of halogens is 3. The highest BCUT2D eigenvalue weighted by Crippen LogP contribution is 2.50. The molecule has 1 aliphatic rings. The van der Waals surface area contributed by atoms with E-state index in [4.69, 9.17) is 4.74 Å². The molecule has 1 aromatic rings. The zero-order valence-corrected chi connectivity index (χ0v) is 9.54. The molecular weight excluding hydrogens is 247 g/mol. The second-order valence-electron chi connectivity index (χ2n) is 4.18. The lowest BCUT2D eigenvalue weighted by Gasteiger charge is -2.14. The molecule has 1 fully saturated rings. The molecule has 0 bridgehead atoms. The molecule has 0 heterocycles. The number of aliphatic imine (C=N–C) groups is 1. The maximum atomic E-state index is 12.7. The minimum atomic E-state index is -4.45. The minimum absolute atomic E-state index is 0.104. The number of methoxy groups -OCH3 is 1. The zero-order valence-electron chi connectivity index (χ0n) is 9.54. The topological polar surface area (TPSA) is 38.7 Å². The van der Waals surface area contributed by atoms with E-state index in [0.29, 0.717) is 18.4 Å². The van der Waals surface area contributed by atoms with Crippen molar-refractivity contribution in [2.24, 2.45) is 4.99 Å². The van der Waals surface area contributed by atoms with Gasteiger partial charge in [0.25, 0.3) is 0 Å². The van der Waals surface area contributed by atoms with Crippen LogP contribution in [0.5, 0.6) is 5.75 Å². The lowest BCUT2D eigenvalue weighted by molar-refractivity contribution is -0.137. The standard InChI is InChI=1S/C12H10F3NO2/c1-18-10-5-8(11(2-3-11)16-7-17)4-9(6-10)12(13,14)15/h4-6H,2-3H2,1H3. The van der Waals surface area contributed by atoms with Gasteiger partial charge in [-0.2, -0.15) is 18.2 Å². The van der Waals surface area contributed by atoms with Crippen LogP contribution in [-0.2, 0) is 16.5 Å². The second-order valence-corrected chi connectivity index (χ2v) is 4.18. The molecule has 3 nitrogen and oxygen atoms in total. The van der Waals surface area contributed by atoms with E-state index >= 15 is 0 Å². The van der Waals surface area contributed by atoms with Crippen molar-refractivity contribution in [2.75, 3.05) is 7.11 Å². The number of alkyl halides is 3. The highest BCUT2D eigenvalue weighted by atomic mass is 19.4. The zero-order chi connectivity index (χ0) is 13.4. The Morgan fingerprint density at radius 2 is 2.00 bits per heavy atom. The van der Waals surface area contributed by atoms with Crippen LogP contribution >= 0.6 is 0 Å². The molecule has 0 aliphatic heterocycles. The fourth-order valence-electron chi connectivity index (χ4n) is 1.82. The lowest BCUT2D eigenvalue weighted by Crippen LogP contribution is -2.09. The molecule has 0 saturated heterocycles. The summed E-state index contributed by atoms with van der Waals surface area (Å²) in [7, 11) is 1.29. The van der Waals surface area contributed by atoms with E-state index in [-0.39, 0.29) is 5.75 Å². The first kappa shape index (κ1) is 12.6. The van der Waals surface area contributed by atoms with Gasteiger partial charge in [-0.1, -0.05) is 0 Å². The summed E-state index contributed by atoms with van der Waals surface area (Å²) in [4.78, 5) is 13.9. The maximum absolute atomic E-state index is 12.7. The number of hydrogen-bond acceptors (Lipinski definition) is 3. The Kier molecular flexibility index (Phi) is 2.91. The highest BCUT2D eigenvalue weighted by Gasteiger charge is 2.46. The third-order valence-corrected chi connectivity index (χ3v) is 2.99. The van der Waals surface area contributed by atoms with Gasteiger partial charge in [-0.25, -0.2) is 4.79 Å². The molecule has 0 amide bonds. The normalized spacial score (nSPS) is 16.9. The fourth-order valence-corrected chi connectivity index (χ4v) is 1.82. The molecule has 0 atom stereocenters. The summed E-state index contributed by atoms with van der Waals surface area (Å²) < 4.78 is 43.0. The number of carbonyl (C=O) groups excluding carboxylic acids is 1. The van der Waals surface area contributed by atoms with Gasteiger partial charge in [-0.15, -0.1) is 0 Å². The van der Waals surface area contributed by atoms with Crippen molar-refractivity contribution in [3.63, 3.8) is 0 Å². The molecule has 0 radical (unpaired) electrons. The molecule has 0 N–H and O–H groups in total. The van der Waals surface area contributed by atoms with Crippen LogP contribution in [0.2, 0.25) is 0 Å². The summed E-state index contributed by atoms with van der Waals surface area (Å²) in [6, 6.07) is 3.41. The van der Waals surface area contributed by atoms with Crippen molar-refractivity contribution in [1.82, 2.24) is 0 Å². The molecule has 0 unspecified atom stereocenters. The molecule has 18 heavy (non-hydrogen) atoms. The van der Waals surface area contributed by atoms with Crippen LogP contribution < -0.4 is 4.74 Å². The van der Waals surface area contributed by atoms with Gasteiger partial charge >= 0.3 is 6.18 Å². The monoisotopic (exact) mass is 257 g/mol. The Labute approximate surface area is 101 Å². The van der Waals surface area contributed by atoms with Crippen LogP contribution in [0, 0.1) is 0 Å². The van der Waals surface area contributed by atoms with Crippen molar-refractivity contribution in [2.45, 2.75) is 24.6 Å². The molecule has 1 saturated carbocycles. The quantitative estimate of drug-likeness (QED) is 0.616. The van der Waals surface area contributed by atoms with E-state index in [0.717, 1.165) is 12.1 Å². The van der Waals surface area contributed by atoms with Gasteiger partial charge in [0.2, 0.25) is 6.08 Å². The third-order valence-electron chi connectivity index (χ3n) is 2.99. The predicted octanol–water partition coefficient (Wildman–Crippen LogP) is 3.04. The predicted molar refractivity (Wildman–Crippen MR) is 57.0 cm³/mol. The van der Waals surface area contributed by atoms with E-state index in [1.165, 1.54) is 19.3 Å². The third kappa shape index (κ3) is 2.24. The molecule has 0 spiro atoms. The van der Waals surface area contributed by atoms with E-state index in [9.17, 15) is 18.0 Å². The Morgan fingerprint density at radius 3 is 2.44 bits per heavy atom. The molecule has 2 rings (SSSR count). The van der Waals surface area contributed by atoms with Crippen LogP contribution in [0.1, 0.15) is 24.0 Å². The summed E-state index contributed by atoms with van der Waals surface area (Å²) in [6.45, 7) is 0. The summed E-state index contributed by atoms with van der Waals surface area (Å²) in [6.07, 6.45) is -1.94. The largest absolute Gasteiger partial charge is 0.497 e. The summed E-state index contributed by atoms with van der Waals surface area (Å²) >= 11 is 0. The van der Waals surface area contributed by atoms with E-state index in [1.54, 1.807) is 0 Å². The van der Waals surface area contributed by atoms with Gasteiger partial charge < -0.3 is 4.74 Å². The smallest absolute Gasteiger partial charge is 0.416 e. The lowest BCUT2D eigenvalue weighted by atomic mass is 10.0. The van der Waals surface area contributed by atoms with Crippen LogP contribution in [0.15, 0.2) is 23.2 Å². The Hall–Kier alpha value is -1.81. The molecule has 1 aliphatic carbocycles. The molecule has 0 aromatic heterocycles. The minimum Gasteiger partial charge on any atom is -0.497 e. The van der Waals surface area contributed by atoms with E-state index < -0.39 is 17.3 Å². The van der Waals surface area contributed by atoms with Crippen molar-refractivity contribution < 1.29 is 22.7 Å². The maximum Gasteiger partial charge on any atom is 0.416 e. The van der Waals surface area contributed by atoms with Crippen LogP contribution in [0.25, 0.3) is 0 Å². The first-order valence-corrected chi connectivity index (χ1v) is 5.27. The first-order chi connectivity index (χ1) is 8.41. The Bertz CT molecular complexity index is 515. The van der Waals surface area contributed by atoms with Crippen LogP contribution in [0.3, 0.4) is 0 Å². The average Bonchev–Trinajstić information content (AvgIpc) is 3.09. The summed E-state index contributed by atoms with van der Waals surface area (Å²) in [5, 5.41) is 0. The Morgan fingerprint density at radius 1 is 1.33 bits per heavy atom. The number of ether oxygens (including phenoxy) is 1. The van der Waals surface area contributed by atoms with Crippen LogP contribution in [0.4, 0.5) is 13.2 Å². The van der Waals surface area contributed by atoms with Crippen molar-refractivity contribution in [1.29, 1.82) is 0 Å². The number of isocyanates is 1. The number of rotatable bonds is 3. The van der Waals surface area contributed by atoms with Gasteiger partial charge in [-0.3, -0.25) is 0 Å². The summed E-state index contributed by atoms with van der Waals surface area (Å²) in [5.41, 5.74) is -1.29. The van der Waals surface area contributed by atoms with E-state index in [1.807, 2.05) is 0 Å². The van der Waals surface area contributed by atoms with Gasteiger partial charge in [0.05, 0.1) is 18.2 Å². The Balaban J connectivity index is 2.52. The molecule has 96 valence electrons. The fraction of sp³-hybridized carbons (Fsp3) is 0.417.